The van der Waals surface area contributed by atoms with Gasteiger partial charge in [0.05, 0.1) is 18.3 Å². The van der Waals surface area contributed by atoms with Crippen LogP contribution in [0.4, 0.5) is 0 Å². The maximum Gasteiger partial charge on any atom is 0.212 e. The molecule has 3 rings (SSSR count). The van der Waals surface area contributed by atoms with Crippen molar-refractivity contribution in [2.75, 3.05) is 13.7 Å². The minimum atomic E-state index is 0.243. The first kappa shape index (κ1) is 18.5. The molecule has 1 saturated carbocycles. The molecule has 2 atom stereocenters. The zero-order chi connectivity index (χ0) is 17.6. The number of allylic oxidation sites excluding steroid dienone is 3. The van der Waals surface area contributed by atoms with E-state index in [-0.39, 0.29) is 5.92 Å². The van der Waals surface area contributed by atoms with Crippen LogP contribution in [0.25, 0.3) is 0 Å². The van der Waals surface area contributed by atoms with E-state index in [0.29, 0.717) is 18.6 Å². The molecule has 1 N–H and O–H groups in total. The number of hydrogen-bond acceptors (Lipinski definition) is 3. The second-order valence-electron chi connectivity index (χ2n) is 7.31. The molecule has 5 heteroatoms. The van der Waals surface area contributed by atoms with Gasteiger partial charge in [-0.1, -0.05) is 43.0 Å². The predicted octanol–water partition coefficient (Wildman–Crippen LogP) is 4.82. The molecule has 1 aromatic heterocycles. The Bertz CT molecular complexity index is 616. The fourth-order valence-electron chi connectivity index (χ4n) is 3.89. The van der Waals surface area contributed by atoms with E-state index in [2.05, 4.69) is 29.1 Å². The van der Waals surface area contributed by atoms with Crippen LogP contribution in [0, 0.1) is 11.8 Å². The number of nitrogens with zero attached hydrogens (tertiary/aromatic N) is 2. The number of rotatable bonds is 7. The van der Waals surface area contributed by atoms with Gasteiger partial charge in [0.15, 0.2) is 0 Å². The lowest BCUT2D eigenvalue weighted by molar-refractivity contribution is 0.201. The lowest BCUT2D eigenvalue weighted by atomic mass is 9.85. The van der Waals surface area contributed by atoms with Crippen LogP contribution in [-0.2, 0) is 6.54 Å². The molecule has 0 saturated heterocycles. The molecule has 0 amide bonds. The van der Waals surface area contributed by atoms with E-state index in [1.54, 1.807) is 0 Å². The molecule has 25 heavy (non-hydrogen) atoms. The summed E-state index contributed by atoms with van der Waals surface area (Å²) in [5.74, 6) is 1.81. The normalized spacial score (nSPS) is 22.7. The Morgan fingerprint density at radius 3 is 2.88 bits per heavy atom. The summed E-state index contributed by atoms with van der Waals surface area (Å²) in [5.41, 5.74) is 1.03. The third-order valence-electron chi connectivity index (χ3n) is 5.46. The standard InChI is InChI=1S/C20H30ClN3O/c1-15(16-8-4-3-5-9-16)24-20(12-18(23-24)13-22-2)25-14-17-10-6-7-11-19(17)21/h6-7,11-12,15-17,22H,3-5,8-10,13-14H2,1-2H3. The van der Waals surface area contributed by atoms with Gasteiger partial charge in [0.1, 0.15) is 0 Å². The molecule has 0 bridgehead atoms. The first-order chi connectivity index (χ1) is 12.2. The SMILES string of the molecule is CNCc1cc(OCC2CC=CC=C2Cl)n(C(C)C2CCCCC2)n1. The highest BCUT2D eigenvalue weighted by atomic mass is 35.5. The Balaban J connectivity index is 1.72. The molecule has 0 radical (unpaired) electrons. The van der Waals surface area contributed by atoms with E-state index in [1.165, 1.54) is 32.1 Å². The lowest BCUT2D eigenvalue weighted by Crippen LogP contribution is -2.22. The monoisotopic (exact) mass is 363 g/mol. The minimum Gasteiger partial charge on any atom is -0.477 e. The average Bonchev–Trinajstić information content (AvgIpc) is 3.04. The van der Waals surface area contributed by atoms with Crippen molar-refractivity contribution in [3.63, 3.8) is 0 Å². The number of nitrogens with one attached hydrogen (secondary N) is 1. The van der Waals surface area contributed by atoms with Crippen LogP contribution in [0.1, 0.15) is 57.2 Å². The molecule has 4 nitrogen and oxygen atoms in total. The van der Waals surface area contributed by atoms with Gasteiger partial charge in [0.2, 0.25) is 5.88 Å². The van der Waals surface area contributed by atoms with Crippen molar-refractivity contribution in [1.82, 2.24) is 15.1 Å². The topological polar surface area (TPSA) is 39.1 Å². The minimum absolute atomic E-state index is 0.243. The van der Waals surface area contributed by atoms with Crippen molar-refractivity contribution < 1.29 is 4.74 Å². The molecular formula is C20H30ClN3O. The van der Waals surface area contributed by atoms with Gasteiger partial charge in [0, 0.05) is 23.6 Å². The van der Waals surface area contributed by atoms with Crippen molar-refractivity contribution >= 4 is 11.6 Å². The van der Waals surface area contributed by atoms with Crippen molar-refractivity contribution in [1.29, 1.82) is 0 Å². The Kier molecular flexibility index (Phi) is 6.60. The van der Waals surface area contributed by atoms with Crippen LogP contribution < -0.4 is 10.1 Å². The van der Waals surface area contributed by atoms with Gasteiger partial charge < -0.3 is 10.1 Å². The van der Waals surface area contributed by atoms with Gasteiger partial charge in [-0.15, -0.1) is 0 Å². The van der Waals surface area contributed by atoms with E-state index in [1.807, 2.05) is 19.2 Å². The van der Waals surface area contributed by atoms with Crippen LogP contribution in [0.5, 0.6) is 5.88 Å². The van der Waals surface area contributed by atoms with E-state index in [0.717, 1.165) is 29.6 Å². The molecule has 0 aromatic carbocycles. The van der Waals surface area contributed by atoms with Crippen LogP contribution in [0.2, 0.25) is 0 Å². The summed E-state index contributed by atoms with van der Waals surface area (Å²) in [7, 11) is 1.95. The molecule has 2 aliphatic carbocycles. The van der Waals surface area contributed by atoms with Gasteiger partial charge in [0.25, 0.3) is 0 Å². The maximum absolute atomic E-state index is 6.33. The summed E-state index contributed by atoms with van der Waals surface area (Å²) >= 11 is 6.33. The van der Waals surface area contributed by atoms with Crippen LogP contribution in [0.3, 0.4) is 0 Å². The molecule has 0 spiro atoms. The smallest absolute Gasteiger partial charge is 0.212 e. The molecule has 138 valence electrons. The summed E-state index contributed by atoms with van der Waals surface area (Å²) in [6, 6.07) is 2.45. The first-order valence-corrected chi connectivity index (χ1v) is 9.95. The highest BCUT2D eigenvalue weighted by Gasteiger charge is 2.25. The fourth-order valence-corrected chi connectivity index (χ4v) is 4.12. The van der Waals surface area contributed by atoms with Crippen LogP contribution in [-0.4, -0.2) is 23.4 Å². The summed E-state index contributed by atoms with van der Waals surface area (Å²) in [5, 5.41) is 8.89. The number of hydrogen-bond donors (Lipinski definition) is 1. The number of aromatic nitrogens is 2. The van der Waals surface area contributed by atoms with Crippen molar-refractivity contribution in [3.05, 3.63) is 35.0 Å². The largest absolute Gasteiger partial charge is 0.477 e. The van der Waals surface area contributed by atoms with Crippen molar-refractivity contribution in [3.8, 4) is 5.88 Å². The fraction of sp³-hybridized carbons (Fsp3) is 0.650. The third kappa shape index (κ3) is 4.68. The predicted molar refractivity (Wildman–Crippen MR) is 103 cm³/mol. The Labute approximate surface area is 156 Å². The molecule has 1 heterocycles. The number of halogens is 1. The zero-order valence-electron chi connectivity index (χ0n) is 15.4. The maximum atomic E-state index is 6.33. The molecule has 0 aliphatic heterocycles. The molecule has 2 unspecified atom stereocenters. The van der Waals surface area contributed by atoms with Crippen molar-refractivity contribution in [2.24, 2.45) is 11.8 Å². The second kappa shape index (κ2) is 8.91. The number of ether oxygens (including phenoxy) is 1. The second-order valence-corrected chi connectivity index (χ2v) is 7.75. The van der Waals surface area contributed by atoms with E-state index >= 15 is 0 Å². The summed E-state index contributed by atoms with van der Waals surface area (Å²) in [4.78, 5) is 0. The molecule has 1 fully saturated rings. The summed E-state index contributed by atoms with van der Waals surface area (Å²) in [6.07, 6.45) is 13.7. The molecule has 1 aromatic rings. The third-order valence-corrected chi connectivity index (χ3v) is 5.90. The Hall–Kier alpha value is -1.26. The van der Waals surface area contributed by atoms with E-state index in [9.17, 15) is 0 Å². The van der Waals surface area contributed by atoms with Gasteiger partial charge in [-0.3, -0.25) is 0 Å². The Morgan fingerprint density at radius 2 is 2.16 bits per heavy atom. The zero-order valence-corrected chi connectivity index (χ0v) is 16.1. The van der Waals surface area contributed by atoms with Crippen molar-refractivity contribution in [2.45, 2.75) is 58.0 Å². The quantitative estimate of drug-likeness (QED) is 0.754. The highest BCUT2D eigenvalue weighted by Crippen LogP contribution is 2.35. The lowest BCUT2D eigenvalue weighted by Gasteiger charge is -2.29. The van der Waals surface area contributed by atoms with Gasteiger partial charge >= 0.3 is 0 Å². The van der Waals surface area contributed by atoms with E-state index in [4.69, 9.17) is 21.4 Å². The highest BCUT2D eigenvalue weighted by molar-refractivity contribution is 6.30. The summed E-state index contributed by atoms with van der Waals surface area (Å²) in [6.45, 7) is 3.64. The first-order valence-electron chi connectivity index (χ1n) is 9.57. The summed E-state index contributed by atoms with van der Waals surface area (Å²) < 4.78 is 8.31. The Morgan fingerprint density at radius 1 is 1.36 bits per heavy atom. The van der Waals surface area contributed by atoms with E-state index < -0.39 is 0 Å². The van der Waals surface area contributed by atoms with Gasteiger partial charge in [-0.25, -0.2) is 4.68 Å². The molecule has 2 aliphatic rings. The van der Waals surface area contributed by atoms with Crippen LogP contribution in [0.15, 0.2) is 29.3 Å². The average molecular weight is 364 g/mol. The van der Waals surface area contributed by atoms with Gasteiger partial charge in [-0.2, -0.15) is 5.10 Å². The molecular weight excluding hydrogens is 334 g/mol. The van der Waals surface area contributed by atoms with Crippen LogP contribution >= 0.6 is 11.6 Å². The van der Waals surface area contributed by atoms with Gasteiger partial charge in [-0.05, 0) is 45.2 Å².